The Bertz CT molecular complexity index is 456. The Morgan fingerprint density at radius 3 is 3.00 bits per heavy atom. The third kappa shape index (κ3) is 3.05. The predicted octanol–water partition coefficient (Wildman–Crippen LogP) is 2.65. The van der Waals surface area contributed by atoms with Crippen LogP contribution in [0.1, 0.15) is 16.5 Å². The molecule has 1 unspecified atom stereocenters. The molecule has 0 saturated heterocycles. The van der Waals surface area contributed by atoms with E-state index in [0.717, 1.165) is 12.2 Å². The topological polar surface area (TPSA) is 34.1 Å². The van der Waals surface area contributed by atoms with Crippen LogP contribution >= 0.6 is 11.3 Å². The van der Waals surface area contributed by atoms with E-state index in [2.05, 4.69) is 22.4 Å². The minimum absolute atomic E-state index is 0.314. The van der Waals surface area contributed by atoms with E-state index < -0.39 is 0 Å². The van der Waals surface area contributed by atoms with Crippen molar-refractivity contribution in [3.8, 4) is 5.75 Å². The third-order valence-corrected chi connectivity index (χ3v) is 3.61. The third-order valence-electron chi connectivity index (χ3n) is 2.72. The van der Waals surface area contributed by atoms with Crippen molar-refractivity contribution in [1.29, 1.82) is 0 Å². The first-order valence-electron chi connectivity index (χ1n) is 5.52. The van der Waals surface area contributed by atoms with Crippen LogP contribution in [-0.4, -0.2) is 19.1 Å². The summed E-state index contributed by atoms with van der Waals surface area (Å²) in [6.45, 7) is 0. The van der Waals surface area contributed by atoms with E-state index in [1.807, 2.05) is 30.9 Å². The van der Waals surface area contributed by atoms with Gasteiger partial charge in [0.1, 0.15) is 5.75 Å². The Balaban J connectivity index is 2.13. The van der Waals surface area contributed by atoms with Crippen LogP contribution in [-0.2, 0) is 6.42 Å². The Morgan fingerprint density at radius 2 is 2.35 bits per heavy atom. The minimum Gasteiger partial charge on any atom is -0.497 e. The van der Waals surface area contributed by atoms with Gasteiger partial charge in [-0.15, -0.1) is 11.3 Å². The van der Waals surface area contributed by atoms with Crippen LogP contribution < -0.4 is 10.1 Å². The summed E-state index contributed by atoms with van der Waals surface area (Å²) in [6.07, 6.45) is 2.86. The molecule has 1 aromatic heterocycles. The zero-order chi connectivity index (χ0) is 12.1. The summed E-state index contributed by atoms with van der Waals surface area (Å²) < 4.78 is 5.23. The summed E-state index contributed by atoms with van der Waals surface area (Å²) in [7, 11) is 3.67. The summed E-state index contributed by atoms with van der Waals surface area (Å²) in [6, 6.07) is 8.49. The number of nitrogens with zero attached hydrogens (tertiary/aromatic N) is 1. The molecule has 4 heteroatoms. The van der Waals surface area contributed by atoms with Gasteiger partial charge in [-0.1, -0.05) is 12.1 Å². The minimum atomic E-state index is 0.314. The Hall–Kier alpha value is -1.39. The number of thiazole rings is 1. The lowest BCUT2D eigenvalue weighted by Gasteiger charge is -2.14. The van der Waals surface area contributed by atoms with Gasteiger partial charge in [-0.05, 0) is 31.2 Å². The van der Waals surface area contributed by atoms with Gasteiger partial charge in [-0.2, -0.15) is 0 Å². The first-order valence-corrected chi connectivity index (χ1v) is 6.40. The van der Waals surface area contributed by atoms with Crippen molar-refractivity contribution >= 4 is 11.3 Å². The lowest BCUT2D eigenvalue weighted by atomic mass is 10.1. The maximum absolute atomic E-state index is 5.23. The van der Waals surface area contributed by atoms with Crippen LogP contribution in [0.3, 0.4) is 0 Å². The average molecular weight is 248 g/mol. The monoisotopic (exact) mass is 248 g/mol. The SMILES string of the molecule is CNC(Cc1cccc(OC)c1)c1cncs1. The highest BCUT2D eigenvalue weighted by atomic mass is 32.1. The van der Waals surface area contributed by atoms with E-state index in [4.69, 9.17) is 4.74 Å². The van der Waals surface area contributed by atoms with E-state index in [1.165, 1.54) is 10.4 Å². The molecule has 0 aliphatic heterocycles. The molecule has 3 nitrogen and oxygen atoms in total. The van der Waals surface area contributed by atoms with Crippen molar-refractivity contribution in [2.24, 2.45) is 0 Å². The van der Waals surface area contributed by atoms with Gasteiger partial charge in [0.25, 0.3) is 0 Å². The smallest absolute Gasteiger partial charge is 0.119 e. The van der Waals surface area contributed by atoms with Crippen molar-refractivity contribution in [3.63, 3.8) is 0 Å². The average Bonchev–Trinajstić information content (AvgIpc) is 2.90. The van der Waals surface area contributed by atoms with Gasteiger partial charge in [-0.25, -0.2) is 0 Å². The molecule has 1 N–H and O–H groups in total. The Labute approximate surface area is 105 Å². The summed E-state index contributed by atoms with van der Waals surface area (Å²) in [4.78, 5) is 5.38. The molecule has 0 amide bonds. The Morgan fingerprint density at radius 1 is 1.47 bits per heavy atom. The van der Waals surface area contributed by atoms with E-state index in [9.17, 15) is 0 Å². The summed E-state index contributed by atoms with van der Waals surface area (Å²) in [5, 5.41) is 3.32. The van der Waals surface area contributed by atoms with Crippen LogP contribution in [0.4, 0.5) is 0 Å². The van der Waals surface area contributed by atoms with Crippen molar-refractivity contribution in [1.82, 2.24) is 10.3 Å². The highest BCUT2D eigenvalue weighted by molar-refractivity contribution is 7.09. The van der Waals surface area contributed by atoms with Crippen molar-refractivity contribution < 1.29 is 4.74 Å². The van der Waals surface area contributed by atoms with Crippen molar-refractivity contribution in [3.05, 3.63) is 46.4 Å². The van der Waals surface area contributed by atoms with Crippen LogP contribution in [0.5, 0.6) is 5.75 Å². The largest absolute Gasteiger partial charge is 0.497 e. The molecule has 0 aliphatic carbocycles. The molecule has 0 saturated carbocycles. The van der Waals surface area contributed by atoms with E-state index in [0.29, 0.717) is 6.04 Å². The van der Waals surface area contributed by atoms with Crippen molar-refractivity contribution in [2.75, 3.05) is 14.2 Å². The molecule has 1 heterocycles. The van der Waals surface area contributed by atoms with Gasteiger partial charge < -0.3 is 10.1 Å². The number of hydrogen-bond donors (Lipinski definition) is 1. The van der Waals surface area contributed by atoms with Crippen LogP contribution in [0.2, 0.25) is 0 Å². The zero-order valence-corrected chi connectivity index (χ0v) is 10.8. The summed E-state index contributed by atoms with van der Waals surface area (Å²) in [5.74, 6) is 0.904. The second-order valence-electron chi connectivity index (χ2n) is 3.80. The van der Waals surface area contributed by atoms with Gasteiger partial charge in [0, 0.05) is 17.1 Å². The number of nitrogens with one attached hydrogen (secondary N) is 1. The molecule has 0 radical (unpaired) electrons. The lowest BCUT2D eigenvalue weighted by Crippen LogP contribution is -2.17. The number of benzene rings is 1. The standard InChI is InChI=1S/C13H16N2OS/c1-14-12(13-8-15-9-17-13)7-10-4-3-5-11(6-10)16-2/h3-6,8-9,12,14H,7H2,1-2H3. The normalized spacial score (nSPS) is 12.4. The molecule has 2 rings (SSSR count). The number of methoxy groups -OCH3 is 1. The first-order chi connectivity index (χ1) is 8.33. The van der Waals surface area contributed by atoms with Gasteiger partial charge >= 0.3 is 0 Å². The van der Waals surface area contributed by atoms with Gasteiger partial charge in [0.2, 0.25) is 0 Å². The molecular formula is C13H16N2OS. The second-order valence-corrected chi connectivity index (χ2v) is 4.72. The predicted molar refractivity (Wildman–Crippen MR) is 70.6 cm³/mol. The highest BCUT2D eigenvalue weighted by Gasteiger charge is 2.11. The fraction of sp³-hybridized carbons (Fsp3) is 0.308. The molecule has 0 bridgehead atoms. The quantitative estimate of drug-likeness (QED) is 0.883. The maximum atomic E-state index is 5.23. The summed E-state index contributed by atoms with van der Waals surface area (Å²) in [5.41, 5.74) is 3.13. The van der Waals surface area contributed by atoms with Crippen LogP contribution in [0.15, 0.2) is 36.0 Å². The molecule has 0 aliphatic rings. The zero-order valence-electron chi connectivity index (χ0n) is 10.0. The number of aromatic nitrogens is 1. The molecule has 1 atom stereocenters. The first kappa shape index (κ1) is 12.1. The molecule has 1 aromatic carbocycles. The van der Waals surface area contributed by atoms with Gasteiger partial charge in [0.05, 0.1) is 12.6 Å². The number of hydrogen-bond acceptors (Lipinski definition) is 4. The fourth-order valence-electron chi connectivity index (χ4n) is 1.78. The molecular weight excluding hydrogens is 232 g/mol. The van der Waals surface area contributed by atoms with Crippen molar-refractivity contribution in [2.45, 2.75) is 12.5 Å². The molecule has 17 heavy (non-hydrogen) atoms. The van der Waals surface area contributed by atoms with Gasteiger partial charge in [0.15, 0.2) is 0 Å². The van der Waals surface area contributed by atoms with Crippen LogP contribution in [0.25, 0.3) is 0 Å². The summed E-state index contributed by atoms with van der Waals surface area (Å²) >= 11 is 1.68. The lowest BCUT2D eigenvalue weighted by molar-refractivity contribution is 0.414. The fourth-order valence-corrected chi connectivity index (χ4v) is 2.51. The second kappa shape index (κ2) is 5.80. The van der Waals surface area contributed by atoms with Crippen LogP contribution in [0, 0.1) is 0 Å². The number of likely N-dealkylation sites (N-methyl/N-ethyl adjacent to an activating group) is 1. The van der Waals surface area contributed by atoms with E-state index >= 15 is 0 Å². The molecule has 0 spiro atoms. The van der Waals surface area contributed by atoms with Gasteiger partial charge in [-0.3, -0.25) is 4.98 Å². The highest BCUT2D eigenvalue weighted by Crippen LogP contribution is 2.23. The maximum Gasteiger partial charge on any atom is 0.119 e. The molecule has 0 fully saturated rings. The number of ether oxygens (including phenoxy) is 1. The number of rotatable bonds is 5. The van der Waals surface area contributed by atoms with E-state index in [-0.39, 0.29) is 0 Å². The Kier molecular flexibility index (Phi) is 4.12. The van der Waals surface area contributed by atoms with E-state index in [1.54, 1.807) is 18.4 Å². The molecule has 2 aromatic rings. The molecule has 90 valence electrons.